The summed E-state index contributed by atoms with van der Waals surface area (Å²) < 4.78 is 10.4. The number of halogens is 1. The van der Waals surface area contributed by atoms with Crippen LogP contribution in [0, 0.1) is 5.92 Å². The number of guanidine groups is 1. The zero-order valence-corrected chi connectivity index (χ0v) is 19.4. The van der Waals surface area contributed by atoms with Crippen molar-refractivity contribution in [3.8, 4) is 5.75 Å². The number of aliphatic imine (C=N–C) groups is 1. The van der Waals surface area contributed by atoms with E-state index in [0.717, 1.165) is 24.3 Å². The highest BCUT2D eigenvalue weighted by molar-refractivity contribution is 6.30. The summed E-state index contributed by atoms with van der Waals surface area (Å²) in [5, 5.41) is 3.53. The molecular formula is C24H27ClN4O4. The van der Waals surface area contributed by atoms with E-state index >= 15 is 0 Å². The minimum atomic E-state index is -1.05. The Labute approximate surface area is 198 Å². The molecule has 2 aromatic carbocycles. The molecule has 2 aliphatic heterocycles. The van der Waals surface area contributed by atoms with Gasteiger partial charge in [0.1, 0.15) is 11.8 Å². The van der Waals surface area contributed by atoms with E-state index in [1.54, 1.807) is 26.2 Å². The van der Waals surface area contributed by atoms with Gasteiger partial charge in [-0.05, 0) is 42.8 Å². The molecule has 0 saturated carbocycles. The number of rotatable bonds is 5. The Morgan fingerprint density at radius 3 is 2.45 bits per heavy atom. The Hall–Kier alpha value is -3.26. The molecule has 1 saturated heterocycles. The number of ether oxygens (including phenoxy) is 2. The lowest BCUT2D eigenvalue weighted by Crippen LogP contribution is -2.57. The minimum absolute atomic E-state index is 0.194. The molecule has 0 aliphatic carbocycles. The van der Waals surface area contributed by atoms with E-state index < -0.39 is 23.8 Å². The fourth-order valence-corrected chi connectivity index (χ4v) is 4.30. The molecule has 0 bridgehead atoms. The summed E-state index contributed by atoms with van der Waals surface area (Å²) in [6.45, 7) is 4.76. The lowest BCUT2D eigenvalue weighted by molar-refractivity contribution is -0.153. The third-order valence-corrected chi connectivity index (χ3v) is 6.08. The lowest BCUT2D eigenvalue weighted by Gasteiger charge is -2.39. The fourth-order valence-electron chi connectivity index (χ4n) is 4.12. The van der Waals surface area contributed by atoms with Gasteiger partial charge in [-0.15, -0.1) is 0 Å². The van der Waals surface area contributed by atoms with Crippen LogP contribution in [-0.2, 0) is 14.3 Å². The van der Waals surface area contributed by atoms with Crippen LogP contribution in [0.4, 0.5) is 5.69 Å². The van der Waals surface area contributed by atoms with Gasteiger partial charge in [-0.25, -0.2) is 4.99 Å². The number of piperazine rings is 1. The predicted octanol–water partition coefficient (Wildman–Crippen LogP) is 2.88. The average Bonchev–Trinajstić information content (AvgIpc) is 2.84. The van der Waals surface area contributed by atoms with Gasteiger partial charge in [0.25, 0.3) is 0 Å². The number of benzene rings is 2. The molecule has 0 radical (unpaired) electrons. The Morgan fingerprint density at radius 1 is 1.12 bits per heavy atom. The number of nitrogens with zero attached hydrogens (tertiary/aromatic N) is 3. The van der Waals surface area contributed by atoms with Crippen LogP contribution in [0.5, 0.6) is 5.75 Å². The summed E-state index contributed by atoms with van der Waals surface area (Å²) in [5.74, 6) is -0.865. The van der Waals surface area contributed by atoms with Gasteiger partial charge in [-0.3, -0.25) is 14.9 Å². The van der Waals surface area contributed by atoms with Crippen molar-refractivity contribution < 1.29 is 19.1 Å². The SMILES string of the molecule is CCOC(=O)C1C(=O)NC(N2CCN(c3cccc(Cl)c3)CC2)=NC1c1ccc(OC)cc1. The van der Waals surface area contributed by atoms with Crippen LogP contribution >= 0.6 is 11.6 Å². The van der Waals surface area contributed by atoms with Gasteiger partial charge in [0, 0.05) is 36.9 Å². The second kappa shape index (κ2) is 10.1. The third-order valence-electron chi connectivity index (χ3n) is 5.84. The van der Waals surface area contributed by atoms with Crippen molar-refractivity contribution in [3.63, 3.8) is 0 Å². The van der Waals surface area contributed by atoms with Gasteiger partial charge in [-0.2, -0.15) is 0 Å². The molecule has 1 fully saturated rings. The average molecular weight is 471 g/mol. The molecule has 2 heterocycles. The molecular weight excluding hydrogens is 444 g/mol. The zero-order valence-electron chi connectivity index (χ0n) is 18.7. The zero-order chi connectivity index (χ0) is 23.4. The molecule has 2 unspecified atom stereocenters. The maximum atomic E-state index is 13.0. The largest absolute Gasteiger partial charge is 0.497 e. The number of carbonyl (C=O) groups is 2. The first-order valence-corrected chi connectivity index (χ1v) is 11.3. The van der Waals surface area contributed by atoms with E-state index in [4.69, 9.17) is 26.1 Å². The van der Waals surface area contributed by atoms with Crippen molar-refractivity contribution in [2.24, 2.45) is 10.9 Å². The van der Waals surface area contributed by atoms with Gasteiger partial charge < -0.3 is 19.3 Å². The molecule has 1 amide bonds. The molecule has 9 heteroatoms. The topological polar surface area (TPSA) is 83.5 Å². The van der Waals surface area contributed by atoms with Gasteiger partial charge in [0.05, 0.1) is 13.7 Å². The van der Waals surface area contributed by atoms with Gasteiger partial charge >= 0.3 is 5.97 Å². The van der Waals surface area contributed by atoms with E-state index in [0.29, 0.717) is 29.8 Å². The third kappa shape index (κ3) is 5.06. The standard InChI is InChI=1S/C24H27ClN4O4/c1-3-33-23(31)20-21(16-7-9-19(32-2)10-8-16)26-24(27-22(20)30)29-13-11-28(12-14-29)18-6-4-5-17(25)15-18/h4-10,15,20-21H,3,11-14H2,1-2H3,(H,26,27,30). The number of esters is 1. The second-order valence-corrected chi connectivity index (χ2v) is 8.28. The molecule has 4 rings (SSSR count). The number of carbonyl (C=O) groups excluding carboxylic acids is 2. The number of anilines is 1. The van der Waals surface area contributed by atoms with Crippen molar-refractivity contribution in [3.05, 3.63) is 59.1 Å². The van der Waals surface area contributed by atoms with Crippen LogP contribution in [-0.4, -0.2) is 62.6 Å². The highest BCUT2D eigenvalue weighted by atomic mass is 35.5. The summed E-state index contributed by atoms with van der Waals surface area (Å²) in [5.41, 5.74) is 1.81. The quantitative estimate of drug-likeness (QED) is 0.534. The number of hydrogen-bond donors (Lipinski definition) is 1. The number of amides is 1. The first kappa shape index (κ1) is 22.9. The van der Waals surface area contributed by atoms with Gasteiger partial charge in [0.2, 0.25) is 11.9 Å². The van der Waals surface area contributed by atoms with Crippen molar-refractivity contribution in [2.45, 2.75) is 13.0 Å². The first-order valence-electron chi connectivity index (χ1n) is 10.9. The van der Waals surface area contributed by atoms with Crippen LogP contribution in [0.1, 0.15) is 18.5 Å². The maximum Gasteiger partial charge on any atom is 0.321 e. The lowest BCUT2D eigenvalue weighted by atomic mass is 9.91. The summed E-state index contributed by atoms with van der Waals surface area (Å²) in [7, 11) is 1.59. The maximum absolute atomic E-state index is 13.0. The normalized spacial score (nSPS) is 20.7. The van der Waals surface area contributed by atoms with E-state index in [1.165, 1.54) is 0 Å². The molecule has 2 atom stereocenters. The Kier molecular flexibility index (Phi) is 7.03. The predicted molar refractivity (Wildman–Crippen MR) is 127 cm³/mol. The molecule has 1 N–H and O–H groups in total. The number of hydrogen-bond acceptors (Lipinski definition) is 7. The van der Waals surface area contributed by atoms with Crippen molar-refractivity contribution >= 4 is 35.1 Å². The number of methoxy groups -OCH3 is 1. The van der Waals surface area contributed by atoms with Gasteiger partial charge in [0.15, 0.2) is 5.92 Å². The molecule has 2 aliphatic rings. The summed E-state index contributed by atoms with van der Waals surface area (Å²) in [4.78, 5) is 34.7. The van der Waals surface area contributed by atoms with Crippen molar-refractivity contribution in [1.82, 2.24) is 10.2 Å². The van der Waals surface area contributed by atoms with Crippen molar-refractivity contribution in [2.75, 3.05) is 44.8 Å². The summed E-state index contributed by atoms with van der Waals surface area (Å²) in [6.07, 6.45) is 0. The van der Waals surface area contributed by atoms with Crippen molar-refractivity contribution in [1.29, 1.82) is 0 Å². The molecule has 33 heavy (non-hydrogen) atoms. The van der Waals surface area contributed by atoms with E-state index in [2.05, 4.69) is 10.2 Å². The molecule has 2 aromatic rings. The summed E-state index contributed by atoms with van der Waals surface area (Å²) >= 11 is 6.14. The first-order chi connectivity index (χ1) is 16.0. The molecule has 8 nitrogen and oxygen atoms in total. The van der Waals surface area contributed by atoms with Crippen LogP contribution in [0.3, 0.4) is 0 Å². The fraction of sp³-hybridized carbons (Fsp3) is 0.375. The van der Waals surface area contributed by atoms with E-state index in [9.17, 15) is 9.59 Å². The minimum Gasteiger partial charge on any atom is -0.497 e. The molecule has 0 aromatic heterocycles. The Balaban J connectivity index is 1.56. The van der Waals surface area contributed by atoms with Crippen LogP contribution in [0.15, 0.2) is 53.5 Å². The van der Waals surface area contributed by atoms with E-state index in [-0.39, 0.29) is 6.61 Å². The summed E-state index contributed by atoms with van der Waals surface area (Å²) in [6, 6.07) is 14.3. The highest BCUT2D eigenvalue weighted by Crippen LogP contribution is 2.32. The number of nitrogens with one attached hydrogen (secondary N) is 1. The smallest absolute Gasteiger partial charge is 0.321 e. The Morgan fingerprint density at radius 2 is 1.82 bits per heavy atom. The second-order valence-electron chi connectivity index (χ2n) is 7.84. The monoisotopic (exact) mass is 470 g/mol. The van der Waals surface area contributed by atoms with E-state index in [1.807, 2.05) is 41.3 Å². The highest BCUT2D eigenvalue weighted by Gasteiger charge is 2.42. The van der Waals surface area contributed by atoms with Crippen LogP contribution < -0.4 is 15.0 Å². The van der Waals surface area contributed by atoms with Gasteiger partial charge in [-0.1, -0.05) is 29.8 Å². The Bertz CT molecular complexity index is 1040. The molecule has 0 spiro atoms. The molecule has 174 valence electrons. The van der Waals surface area contributed by atoms with Crippen LogP contribution in [0.25, 0.3) is 0 Å². The van der Waals surface area contributed by atoms with Crippen LogP contribution in [0.2, 0.25) is 5.02 Å².